The predicted octanol–water partition coefficient (Wildman–Crippen LogP) is 4.17. The molecule has 0 unspecified atom stereocenters. The molecule has 0 bridgehead atoms. The van der Waals surface area contributed by atoms with Gasteiger partial charge in [0.05, 0.1) is 17.2 Å². The Kier molecular flexibility index (Phi) is 3.57. The van der Waals surface area contributed by atoms with E-state index in [1.807, 2.05) is 6.07 Å². The molecule has 0 aliphatic carbocycles. The second-order valence-electron chi connectivity index (χ2n) is 4.28. The van der Waals surface area contributed by atoms with E-state index in [-0.39, 0.29) is 28.4 Å². The van der Waals surface area contributed by atoms with E-state index in [1.165, 1.54) is 36.4 Å². The molecule has 1 N–H and O–H groups in total. The predicted molar refractivity (Wildman–Crippen MR) is 68.9 cm³/mol. The lowest BCUT2D eigenvalue weighted by Crippen LogP contribution is -2.08. The number of halogens is 2. The van der Waals surface area contributed by atoms with Crippen molar-refractivity contribution in [1.82, 2.24) is 0 Å². The van der Waals surface area contributed by atoms with Gasteiger partial charge < -0.3 is 9.84 Å². The van der Waals surface area contributed by atoms with Gasteiger partial charge >= 0.3 is 0 Å². The number of alkyl halides is 2. The van der Waals surface area contributed by atoms with E-state index >= 15 is 0 Å². The minimum absolute atomic E-state index is 0.0145. The zero-order valence-electron chi connectivity index (χ0n) is 10.6. The van der Waals surface area contributed by atoms with Crippen LogP contribution in [0.15, 0.2) is 42.5 Å². The van der Waals surface area contributed by atoms with Crippen LogP contribution in [-0.2, 0) is 5.92 Å². The van der Waals surface area contributed by atoms with Crippen molar-refractivity contribution in [1.29, 1.82) is 5.26 Å². The maximum Gasteiger partial charge on any atom is 0.274 e. The summed E-state index contributed by atoms with van der Waals surface area (Å²) in [7, 11) is 0. The first kappa shape index (κ1) is 13.8. The molecule has 20 heavy (non-hydrogen) atoms. The Morgan fingerprint density at radius 1 is 1.15 bits per heavy atom. The Labute approximate surface area is 114 Å². The van der Waals surface area contributed by atoms with Gasteiger partial charge in [-0.1, -0.05) is 12.1 Å². The van der Waals surface area contributed by atoms with Gasteiger partial charge in [-0.3, -0.25) is 0 Å². The van der Waals surface area contributed by atoms with Crippen molar-refractivity contribution in [2.75, 3.05) is 0 Å². The average Bonchev–Trinajstić information content (AvgIpc) is 2.40. The fraction of sp³-hybridized carbons (Fsp3) is 0.133. The van der Waals surface area contributed by atoms with Crippen molar-refractivity contribution < 1.29 is 18.6 Å². The first-order chi connectivity index (χ1) is 9.41. The van der Waals surface area contributed by atoms with Crippen LogP contribution in [0, 0.1) is 11.3 Å². The maximum atomic E-state index is 13.5. The van der Waals surface area contributed by atoms with E-state index in [4.69, 9.17) is 10.00 Å². The van der Waals surface area contributed by atoms with Crippen LogP contribution in [0.25, 0.3) is 0 Å². The highest BCUT2D eigenvalue weighted by Crippen LogP contribution is 2.38. The summed E-state index contributed by atoms with van der Waals surface area (Å²) in [4.78, 5) is 0. The molecule has 2 aromatic carbocycles. The van der Waals surface area contributed by atoms with Gasteiger partial charge in [0.1, 0.15) is 5.75 Å². The van der Waals surface area contributed by atoms with Crippen LogP contribution in [0.4, 0.5) is 8.78 Å². The summed E-state index contributed by atoms with van der Waals surface area (Å²) in [5, 5.41) is 18.4. The van der Waals surface area contributed by atoms with Gasteiger partial charge in [-0.2, -0.15) is 5.26 Å². The van der Waals surface area contributed by atoms with Gasteiger partial charge in [-0.25, -0.2) is 8.78 Å². The van der Waals surface area contributed by atoms with Crippen molar-refractivity contribution >= 4 is 0 Å². The highest BCUT2D eigenvalue weighted by Gasteiger charge is 2.28. The smallest absolute Gasteiger partial charge is 0.274 e. The summed E-state index contributed by atoms with van der Waals surface area (Å²) in [5.74, 6) is -3.36. The molecule has 0 radical (unpaired) electrons. The molecule has 0 fully saturated rings. The standard InChI is InChI=1S/C15H11F2NO2/c1-15(16,17)11-4-2-3-5-13(11)20-14-7-6-10(9-18)8-12(14)19/h2-8,19H,1H3. The van der Waals surface area contributed by atoms with E-state index < -0.39 is 5.92 Å². The van der Waals surface area contributed by atoms with Gasteiger partial charge in [0, 0.05) is 13.0 Å². The lowest BCUT2D eigenvalue weighted by Gasteiger charge is -2.16. The van der Waals surface area contributed by atoms with Crippen LogP contribution in [0.2, 0.25) is 0 Å². The quantitative estimate of drug-likeness (QED) is 0.914. The van der Waals surface area contributed by atoms with Crippen molar-refractivity contribution in [2.45, 2.75) is 12.8 Å². The molecule has 3 nitrogen and oxygen atoms in total. The van der Waals surface area contributed by atoms with Crippen LogP contribution in [0.5, 0.6) is 17.2 Å². The molecule has 0 heterocycles. The average molecular weight is 275 g/mol. The summed E-state index contributed by atoms with van der Waals surface area (Å²) in [6, 6.07) is 11.6. The molecule has 102 valence electrons. The van der Waals surface area contributed by atoms with E-state index in [1.54, 1.807) is 6.07 Å². The second-order valence-corrected chi connectivity index (χ2v) is 4.28. The van der Waals surface area contributed by atoms with Crippen molar-refractivity contribution in [3.63, 3.8) is 0 Å². The highest BCUT2D eigenvalue weighted by atomic mass is 19.3. The maximum absolute atomic E-state index is 13.5. The first-order valence-electron chi connectivity index (χ1n) is 5.80. The van der Waals surface area contributed by atoms with E-state index in [0.717, 1.165) is 6.92 Å². The lowest BCUT2D eigenvalue weighted by atomic mass is 10.1. The van der Waals surface area contributed by atoms with E-state index in [0.29, 0.717) is 0 Å². The molecule has 0 saturated heterocycles. The molecule has 0 atom stereocenters. The summed E-state index contributed by atoms with van der Waals surface area (Å²) < 4.78 is 32.2. The van der Waals surface area contributed by atoms with Crippen LogP contribution in [0.1, 0.15) is 18.1 Å². The number of para-hydroxylation sites is 1. The zero-order valence-corrected chi connectivity index (χ0v) is 10.6. The normalized spacial score (nSPS) is 10.9. The molecular weight excluding hydrogens is 264 g/mol. The molecule has 0 aliphatic heterocycles. The number of nitriles is 1. The Morgan fingerprint density at radius 3 is 2.45 bits per heavy atom. The molecule has 0 saturated carbocycles. The Hall–Kier alpha value is -2.61. The van der Waals surface area contributed by atoms with Gasteiger partial charge in [0.15, 0.2) is 11.5 Å². The number of hydrogen-bond acceptors (Lipinski definition) is 3. The second kappa shape index (κ2) is 5.17. The number of phenols is 1. The van der Waals surface area contributed by atoms with E-state index in [2.05, 4.69) is 0 Å². The Balaban J connectivity index is 2.39. The highest BCUT2D eigenvalue weighted by molar-refractivity contribution is 5.49. The molecule has 2 aromatic rings. The molecule has 0 amide bonds. The van der Waals surface area contributed by atoms with Crippen molar-refractivity contribution in [3.8, 4) is 23.3 Å². The summed E-state index contributed by atoms with van der Waals surface area (Å²) in [5.41, 5.74) is -0.0206. The molecule has 0 aromatic heterocycles. The Morgan fingerprint density at radius 2 is 1.85 bits per heavy atom. The van der Waals surface area contributed by atoms with Crippen LogP contribution >= 0.6 is 0 Å². The summed E-state index contributed by atoms with van der Waals surface area (Å²) in [6.07, 6.45) is 0. The lowest BCUT2D eigenvalue weighted by molar-refractivity contribution is 0.0155. The molecular formula is C15H11F2NO2. The van der Waals surface area contributed by atoms with Gasteiger partial charge in [-0.05, 0) is 24.3 Å². The fourth-order valence-corrected chi connectivity index (χ4v) is 1.71. The summed E-state index contributed by atoms with van der Waals surface area (Å²) in [6.45, 7) is 0.772. The fourth-order valence-electron chi connectivity index (χ4n) is 1.71. The van der Waals surface area contributed by atoms with Crippen LogP contribution in [0.3, 0.4) is 0 Å². The van der Waals surface area contributed by atoms with Gasteiger partial charge in [0.2, 0.25) is 0 Å². The number of ether oxygens (including phenoxy) is 1. The number of phenolic OH excluding ortho intramolecular Hbond substituents is 1. The first-order valence-corrected chi connectivity index (χ1v) is 5.80. The largest absolute Gasteiger partial charge is 0.504 e. The number of rotatable bonds is 3. The third kappa shape index (κ3) is 2.86. The monoisotopic (exact) mass is 275 g/mol. The third-order valence-corrected chi connectivity index (χ3v) is 2.67. The third-order valence-electron chi connectivity index (χ3n) is 2.67. The SMILES string of the molecule is CC(F)(F)c1ccccc1Oc1ccc(C#N)cc1O. The van der Waals surface area contributed by atoms with Crippen LogP contribution < -0.4 is 4.74 Å². The topological polar surface area (TPSA) is 53.2 Å². The van der Waals surface area contributed by atoms with Gasteiger partial charge in [-0.15, -0.1) is 0 Å². The zero-order chi connectivity index (χ0) is 14.8. The summed E-state index contributed by atoms with van der Waals surface area (Å²) >= 11 is 0. The minimum atomic E-state index is -3.06. The van der Waals surface area contributed by atoms with Crippen molar-refractivity contribution in [2.24, 2.45) is 0 Å². The van der Waals surface area contributed by atoms with Crippen LogP contribution in [-0.4, -0.2) is 5.11 Å². The molecule has 5 heteroatoms. The molecule has 2 rings (SSSR count). The van der Waals surface area contributed by atoms with E-state index in [9.17, 15) is 13.9 Å². The number of nitrogens with zero attached hydrogens (tertiary/aromatic N) is 1. The molecule has 0 spiro atoms. The Bertz CT molecular complexity index is 672. The number of benzene rings is 2. The van der Waals surface area contributed by atoms with Crippen molar-refractivity contribution in [3.05, 3.63) is 53.6 Å². The van der Waals surface area contributed by atoms with Gasteiger partial charge in [0.25, 0.3) is 5.92 Å². The number of hydrogen-bond donors (Lipinski definition) is 1. The minimum Gasteiger partial charge on any atom is -0.504 e. The molecule has 0 aliphatic rings. The number of aromatic hydroxyl groups is 1.